The molecule has 0 aliphatic heterocycles. The minimum Gasteiger partial charge on any atom is -0.378 e. The van der Waals surface area contributed by atoms with Gasteiger partial charge in [0.05, 0.1) is 6.10 Å². The normalized spacial score (nSPS) is 24.1. The van der Waals surface area contributed by atoms with Crippen LogP contribution in [0.25, 0.3) is 0 Å². The van der Waals surface area contributed by atoms with Crippen LogP contribution in [0.3, 0.4) is 0 Å². The third-order valence-corrected chi connectivity index (χ3v) is 2.39. The van der Waals surface area contributed by atoms with E-state index in [1.54, 1.807) is 0 Å². The predicted molar refractivity (Wildman–Crippen MR) is 53.6 cm³/mol. The maximum atomic E-state index is 11.2. The molecule has 1 rings (SSSR count). The minimum absolute atomic E-state index is 0.214. The number of ether oxygens (including phenoxy) is 1. The lowest BCUT2D eigenvalue weighted by molar-refractivity contribution is -0.125. The van der Waals surface area contributed by atoms with Crippen molar-refractivity contribution < 1.29 is 14.3 Å². The molecule has 1 aliphatic rings. The van der Waals surface area contributed by atoms with Gasteiger partial charge in [0.2, 0.25) is 5.91 Å². The molecule has 6 nitrogen and oxygen atoms in total. The van der Waals surface area contributed by atoms with Crippen molar-refractivity contribution in [2.75, 3.05) is 6.61 Å². The van der Waals surface area contributed by atoms with Gasteiger partial charge in [-0.3, -0.25) is 10.2 Å². The van der Waals surface area contributed by atoms with Crippen molar-refractivity contribution in [3.05, 3.63) is 0 Å². The SMILES string of the molecule is CCOC1CC(CC(=O)NNC(N)=O)C1. The highest BCUT2D eigenvalue weighted by Crippen LogP contribution is 2.32. The van der Waals surface area contributed by atoms with E-state index in [0.29, 0.717) is 25.0 Å². The molecule has 6 heteroatoms. The number of hydrogen-bond donors (Lipinski definition) is 3. The van der Waals surface area contributed by atoms with Crippen molar-refractivity contribution >= 4 is 11.9 Å². The van der Waals surface area contributed by atoms with Gasteiger partial charge in [0.1, 0.15) is 0 Å². The number of rotatable bonds is 4. The second kappa shape index (κ2) is 5.55. The molecular weight excluding hydrogens is 198 g/mol. The summed E-state index contributed by atoms with van der Waals surface area (Å²) in [6.45, 7) is 2.67. The van der Waals surface area contributed by atoms with Crippen LogP contribution in [0.2, 0.25) is 0 Å². The van der Waals surface area contributed by atoms with Gasteiger partial charge in [-0.15, -0.1) is 0 Å². The zero-order chi connectivity index (χ0) is 11.3. The summed E-state index contributed by atoms with van der Waals surface area (Å²) in [5.74, 6) is 0.143. The molecule has 0 spiro atoms. The van der Waals surface area contributed by atoms with Crippen LogP contribution in [0.5, 0.6) is 0 Å². The summed E-state index contributed by atoms with van der Waals surface area (Å²) in [4.78, 5) is 21.5. The van der Waals surface area contributed by atoms with Gasteiger partial charge in [-0.2, -0.15) is 0 Å². The molecule has 0 saturated heterocycles. The Labute approximate surface area is 88.5 Å². The smallest absolute Gasteiger partial charge is 0.330 e. The van der Waals surface area contributed by atoms with Crippen LogP contribution in [0.15, 0.2) is 0 Å². The molecule has 0 atom stereocenters. The molecule has 0 heterocycles. The summed E-state index contributed by atoms with van der Waals surface area (Å²) in [6, 6.07) is -0.760. The summed E-state index contributed by atoms with van der Waals surface area (Å²) >= 11 is 0. The number of primary amides is 1. The van der Waals surface area contributed by atoms with Crippen LogP contribution in [-0.2, 0) is 9.53 Å². The summed E-state index contributed by atoms with van der Waals surface area (Å²) in [5, 5.41) is 0. The van der Waals surface area contributed by atoms with Gasteiger partial charge in [-0.25, -0.2) is 10.2 Å². The average Bonchev–Trinajstić information content (AvgIpc) is 2.11. The molecule has 0 aromatic carbocycles. The maximum absolute atomic E-state index is 11.2. The highest BCUT2D eigenvalue weighted by atomic mass is 16.5. The number of hydrazine groups is 1. The molecule has 15 heavy (non-hydrogen) atoms. The lowest BCUT2D eigenvalue weighted by atomic mass is 9.80. The molecule has 1 fully saturated rings. The van der Waals surface area contributed by atoms with Crippen molar-refractivity contribution in [1.29, 1.82) is 0 Å². The number of carbonyl (C=O) groups excluding carboxylic acids is 2. The Hall–Kier alpha value is -1.30. The van der Waals surface area contributed by atoms with E-state index in [2.05, 4.69) is 5.43 Å². The van der Waals surface area contributed by atoms with E-state index in [1.807, 2.05) is 12.3 Å². The Morgan fingerprint density at radius 3 is 2.60 bits per heavy atom. The second-order valence-corrected chi connectivity index (χ2v) is 3.66. The monoisotopic (exact) mass is 215 g/mol. The Bertz CT molecular complexity index is 239. The van der Waals surface area contributed by atoms with E-state index in [-0.39, 0.29) is 5.91 Å². The highest BCUT2D eigenvalue weighted by Gasteiger charge is 2.30. The van der Waals surface area contributed by atoms with E-state index < -0.39 is 6.03 Å². The molecule has 0 aromatic heterocycles. The van der Waals surface area contributed by atoms with E-state index >= 15 is 0 Å². The van der Waals surface area contributed by atoms with Gasteiger partial charge in [0, 0.05) is 13.0 Å². The summed E-state index contributed by atoms with van der Waals surface area (Å²) in [5.41, 5.74) is 9.06. The quantitative estimate of drug-likeness (QED) is 0.571. The van der Waals surface area contributed by atoms with E-state index in [0.717, 1.165) is 12.8 Å². The van der Waals surface area contributed by atoms with Crippen molar-refractivity contribution in [1.82, 2.24) is 10.9 Å². The number of amides is 3. The molecule has 0 bridgehead atoms. The number of nitrogens with two attached hydrogens (primary N) is 1. The van der Waals surface area contributed by atoms with E-state index in [4.69, 9.17) is 10.5 Å². The summed E-state index contributed by atoms with van der Waals surface area (Å²) in [7, 11) is 0. The lowest BCUT2D eigenvalue weighted by Gasteiger charge is -2.34. The molecule has 86 valence electrons. The fourth-order valence-electron chi connectivity index (χ4n) is 1.66. The van der Waals surface area contributed by atoms with Crippen LogP contribution >= 0.6 is 0 Å². The minimum atomic E-state index is -0.760. The highest BCUT2D eigenvalue weighted by molar-refractivity contribution is 5.80. The van der Waals surface area contributed by atoms with Gasteiger partial charge in [0.25, 0.3) is 0 Å². The fourth-order valence-corrected chi connectivity index (χ4v) is 1.66. The first-order chi connectivity index (χ1) is 7.11. The summed E-state index contributed by atoms with van der Waals surface area (Å²) in [6.07, 6.45) is 2.54. The number of urea groups is 1. The molecule has 1 saturated carbocycles. The average molecular weight is 215 g/mol. The van der Waals surface area contributed by atoms with Crippen LogP contribution in [0, 0.1) is 5.92 Å². The van der Waals surface area contributed by atoms with Gasteiger partial charge in [-0.05, 0) is 25.7 Å². The molecule has 0 unspecified atom stereocenters. The topological polar surface area (TPSA) is 93.4 Å². The van der Waals surface area contributed by atoms with Gasteiger partial charge < -0.3 is 10.5 Å². The Morgan fingerprint density at radius 2 is 2.07 bits per heavy atom. The first kappa shape index (κ1) is 11.8. The standard InChI is InChI=1S/C9H17N3O3/c1-2-15-7-3-6(4-7)5-8(13)11-12-9(10)14/h6-7H,2-5H2,1H3,(H,11,13)(H3,10,12,14). The molecule has 0 radical (unpaired) electrons. The maximum Gasteiger partial charge on any atom is 0.330 e. The molecule has 3 amide bonds. The Balaban J connectivity index is 2.06. The fraction of sp³-hybridized carbons (Fsp3) is 0.778. The Morgan fingerprint density at radius 1 is 1.40 bits per heavy atom. The van der Waals surface area contributed by atoms with Gasteiger partial charge in [-0.1, -0.05) is 0 Å². The summed E-state index contributed by atoms with van der Waals surface area (Å²) < 4.78 is 5.37. The zero-order valence-corrected chi connectivity index (χ0v) is 8.79. The number of hydrogen-bond acceptors (Lipinski definition) is 3. The molecule has 4 N–H and O–H groups in total. The van der Waals surface area contributed by atoms with Crippen molar-refractivity contribution in [2.24, 2.45) is 11.7 Å². The van der Waals surface area contributed by atoms with Gasteiger partial charge in [0.15, 0.2) is 0 Å². The van der Waals surface area contributed by atoms with Crippen LogP contribution in [-0.4, -0.2) is 24.6 Å². The van der Waals surface area contributed by atoms with Crippen LogP contribution in [0.4, 0.5) is 4.79 Å². The number of carbonyl (C=O) groups is 2. The first-order valence-electron chi connectivity index (χ1n) is 5.07. The second-order valence-electron chi connectivity index (χ2n) is 3.66. The third-order valence-electron chi connectivity index (χ3n) is 2.39. The van der Waals surface area contributed by atoms with E-state index in [9.17, 15) is 9.59 Å². The molecule has 0 aromatic rings. The number of nitrogens with one attached hydrogen (secondary N) is 2. The van der Waals surface area contributed by atoms with Crippen LogP contribution in [0.1, 0.15) is 26.2 Å². The molecule has 1 aliphatic carbocycles. The molecular formula is C9H17N3O3. The largest absolute Gasteiger partial charge is 0.378 e. The van der Waals surface area contributed by atoms with Crippen LogP contribution < -0.4 is 16.6 Å². The van der Waals surface area contributed by atoms with Gasteiger partial charge >= 0.3 is 6.03 Å². The van der Waals surface area contributed by atoms with E-state index in [1.165, 1.54) is 0 Å². The lowest BCUT2D eigenvalue weighted by Crippen LogP contribution is -2.46. The first-order valence-corrected chi connectivity index (χ1v) is 5.07. The van der Waals surface area contributed by atoms with Crippen molar-refractivity contribution in [2.45, 2.75) is 32.3 Å². The predicted octanol–water partition coefficient (Wildman–Crippen LogP) is -0.109. The van der Waals surface area contributed by atoms with Crippen molar-refractivity contribution in [3.8, 4) is 0 Å². The third kappa shape index (κ3) is 4.16. The zero-order valence-electron chi connectivity index (χ0n) is 8.79. The Kier molecular flexibility index (Phi) is 4.36. The van der Waals surface area contributed by atoms with Crippen molar-refractivity contribution in [3.63, 3.8) is 0 Å².